The molecule has 0 atom stereocenters. The number of aromatic amines is 1. The number of benzene rings is 2. The molecule has 0 fully saturated rings. The largest absolute Gasteiger partial charge is 0.493 e. The molecule has 0 spiro atoms. The van der Waals surface area contributed by atoms with Crippen molar-refractivity contribution in [1.29, 1.82) is 0 Å². The van der Waals surface area contributed by atoms with Crippen LogP contribution in [0.2, 0.25) is 0 Å². The van der Waals surface area contributed by atoms with E-state index in [2.05, 4.69) is 37.0 Å². The Kier molecular flexibility index (Phi) is 5.52. The maximum atomic E-state index is 5.72. The summed E-state index contributed by atoms with van der Waals surface area (Å²) in [7, 11) is 3.36. The molecule has 0 unspecified atom stereocenters. The lowest BCUT2D eigenvalue weighted by atomic mass is 9.98. The van der Waals surface area contributed by atoms with Crippen molar-refractivity contribution in [1.82, 2.24) is 4.98 Å². The number of hydrogen-bond donors (Lipinski definition) is 2. The number of unbranched alkanes of at least 4 members (excludes halogenated alkanes) is 1. The fourth-order valence-corrected chi connectivity index (χ4v) is 3.73. The van der Waals surface area contributed by atoms with E-state index >= 15 is 0 Å². The van der Waals surface area contributed by atoms with Crippen LogP contribution in [0.15, 0.2) is 30.3 Å². The van der Waals surface area contributed by atoms with Gasteiger partial charge in [0.2, 0.25) is 0 Å². The second kappa shape index (κ2) is 7.83. The maximum absolute atomic E-state index is 5.72. The molecular weight excluding hydrogens is 324 g/mol. The second-order valence-electron chi connectivity index (χ2n) is 6.77. The third-order valence-corrected chi connectivity index (χ3v) is 4.91. The molecule has 3 aromatic rings. The van der Waals surface area contributed by atoms with Gasteiger partial charge in [-0.2, -0.15) is 0 Å². The topological polar surface area (TPSA) is 60.3 Å². The molecule has 0 aliphatic rings. The number of nitrogens with one attached hydrogen (secondary N) is 1. The van der Waals surface area contributed by atoms with Crippen LogP contribution < -0.4 is 15.2 Å². The summed E-state index contributed by atoms with van der Waals surface area (Å²) in [5.74, 6) is 1.50. The number of nitrogens with two attached hydrogens (primary N) is 1. The Labute approximate surface area is 155 Å². The van der Waals surface area contributed by atoms with Crippen LogP contribution in [-0.2, 0) is 6.42 Å². The monoisotopic (exact) mass is 352 g/mol. The van der Waals surface area contributed by atoms with Gasteiger partial charge in [0.05, 0.1) is 19.9 Å². The summed E-state index contributed by atoms with van der Waals surface area (Å²) in [6.45, 7) is 5.02. The van der Waals surface area contributed by atoms with Crippen LogP contribution in [0.3, 0.4) is 0 Å². The van der Waals surface area contributed by atoms with Gasteiger partial charge < -0.3 is 20.2 Å². The number of hydrogen-bond acceptors (Lipinski definition) is 3. The Morgan fingerprint density at radius 2 is 1.85 bits per heavy atom. The van der Waals surface area contributed by atoms with Gasteiger partial charge in [0.1, 0.15) is 0 Å². The Hall–Kier alpha value is -2.46. The molecule has 138 valence electrons. The molecule has 0 aliphatic carbocycles. The second-order valence-corrected chi connectivity index (χ2v) is 6.77. The van der Waals surface area contributed by atoms with Crippen molar-refractivity contribution < 1.29 is 9.47 Å². The first-order valence-corrected chi connectivity index (χ1v) is 9.14. The van der Waals surface area contributed by atoms with E-state index in [0.29, 0.717) is 0 Å². The third kappa shape index (κ3) is 3.29. The van der Waals surface area contributed by atoms with Crippen LogP contribution in [0, 0.1) is 13.8 Å². The number of aromatic nitrogens is 1. The first kappa shape index (κ1) is 18.3. The first-order chi connectivity index (χ1) is 12.6. The zero-order valence-electron chi connectivity index (χ0n) is 16.1. The average Bonchev–Trinajstić information content (AvgIpc) is 3.00. The van der Waals surface area contributed by atoms with Crippen molar-refractivity contribution in [3.05, 3.63) is 47.0 Å². The highest BCUT2D eigenvalue weighted by Gasteiger charge is 2.19. The predicted octanol–water partition coefficient (Wildman–Crippen LogP) is 4.75. The molecule has 0 saturated heterocycles. The maximum Gasteiger partial charge on any atom is 0.170 e. The molecule has 4 nitrogen and oxygen atoms in total. The van der Waals surface area contributed by atoms with E-state index in [0.717, 1.165) is 48.6 Å². The normalized spacial score (nSPS) is 11.1. The van der Waals surface area contributed by atoms with E-state index < -0.39 is 0 Å². The molecule has 3 rings (SSSR count). The molecular formula is C22H28N2O2. The number of rotatable bonds is 7. The molecule has 0 bridgehead atoms. The highest BCUT2D eigenvalue weighted by Crippen LogP contribution is 2.41. The van der Waals surface area contributed by atoms with Crippen molar-refractivity contribution in [2.75, 3.05) is 20.8 Å². The summed E-state index contributed by atoms with van der Waals surface area (Å²) in [4.78, 5) is 3.66. The van der Waals surface area contributed by atoms with Crippen LogP contribution in [0.4, 0.5) is 0 Å². The molecule has 0 saturated carbocycles. The minimum atomic E-state index is 0.720. The Morgan fingerprint density at radius 3 is 2.54 bits per heavy atom. The van der Waals surface area contributed by atoms with Crippen LogP contribution in [-0.4, -0.2) is 25.7 Å². The van der Waals surface area contributed by atoms with Crippen molar-refractivity contribution >= 4 is 10.9 Å². The molecule has 0 amide bonds. The number of ether oxygens (including phenoxy) is 2. The van der Waals surface area contributed by atoms with Crippen molar-refractivity contribution in [2.24, 2.45) is 5.73 Å². The van der Waals surface area contributed by atoms with Crippen LogP contribution in [0.25, 0.3) is 22.2 Å². The van der Waals surface area contributed by atoms with Gasteiger partial charge in [0, 0.05) is 16.5 Å². The van der Waals surface area contributed by atoms with Crippen LogP contribution in [0.5, 0.6) is 11.5 Å². The van der Waals surface area contributed by atoms with E-state index in [-0.39, 0.29) is 0 Å². The zero-order chi connectivity index (χ0) is 18.7. The van der Waals surface area contributed by atoms with Gasteiger partial charge in [-0.1, -0.05) is 17.7 Å². The fourth-order valence-electron chi connectivity index (χ4n) is 3.73. The molecule has 1 aromatic heterocycles. The fraction of sp³-hybridized carbons (Fsp3) is 0.364. The molecule has 26 heavy (non-hydrogen) atoms. The van der Waals surface area contributed by atoms with Crippen molar-refractivity contribution in [3.8, 4) is 22.8 Å². The van der Waals surface area contributed by atoms with Gasteiger partial charge in [-0.3, -0.25) is 0 Å². The summed E-state index contributed by atoms with van der Waals surface area (Å²) in [6.07, 6.45) is 3.07. The molecule has 2 aromatic carbocycles. The zero-order valence-corrected chi connectivity index (χ0v) is 16.1. The van der Waals surface area contributed by atoms with Gasteiger partial charge in [-0.15, -0.1) is 0 Å². The summed E-state index contributed by atoms with van der Waals surface area (Å²) in [6, 6.07) is 10.5. The lowest BCUT2D eigenvalue weighted by Crippen LogP contribution is -2.00. The van der Waals surface area contributed by atoms with Gasteiger partial charge in [-0.25, -0.2) is 0 Å². The van der Waals surface area contributed by atoms with E-state index in [9.17, 15) is 0 Å². The minimum absolute atomic E-state index is 0.720. The molecule has 1 heterocycles. The SMILES string of the molecule is COc1cccc(-c2[nH]c3c(C)cc(C)cc3c2CCCCN)c1OC. The number of aryl methyl sites for hydroxylation is 3. The number of H-pyrrole nitrogens is 1. The lowest BCUT2D eigenvalue weighted by molar-refractivity contribution is 0.356. The van der Waals surface area contributed by atoms with Gasteiger partial charge in [0.15, 0.2) is 11.5 Å². The summed E-state index contributed by atoms with van der Waals surface area (Å²) in [5.41, 5.74) is 12.9. The van der Waals surface area contributed by atoms with Crippen LogP contribution >= 0.6 is 0 Å². The van der Waals surface area contributed by atoms with E-state index in [4.69, 9.17) is 15.2 Å². The number of methoxy groups -OCH3 is 2. The standard InChI is InChI=1S/C22H28N2O2/c1-14-12-15(2)20-18(13-14)16(8-5-6-11-23)21(24-20)17-9-7-10-19(25-3)22(17)26-4/h7,9-10,12-13,24H,5-6,8,11,23H2,1-4H3. The average molecular weight is 352 g/mol. The van der Waals surface area contributed by atoms with Crippen molar-refractivity contribution in [3.63, 3.8) is 0 Å². The van der Waals surface area contributed by atoms with Crippen molar-refractivity contribution in [2.45, 2.75) is 33.1 Å². The smallest absolute Gasteiger partial charge is 0.170 e. The van der Waals surface area contributed by atoms with E-state index in [1.807, 2.05) is 12.1 Å². The van der Waals surface area contributed by atoms with Crippen LogP contribution in [0.1, 0.15) is 29.5 Å². The van der Waals surface area contributed by atoms with Gasteiger partial charge >= 0.3 is 0 Å². The Bertz CT molecular complexity index is 912. The first-order valence-electron chi connectivity index (χ1n) is 9.14. The molecule has 0 aliphatic heterocycles. The quantitative estimate of drug-likeness (QED) is 0.603. The highest BCUT2D eigenvalue weighted by molar-refractivity contribution is 5.94. The van der Waals surface area contributed by atoms with E-state index in [1.165, 1.54) is 27.6 Å². The highest BCUT2D eigenvalue weighted by atomic mass is 16.5. The van der Waals surface area contributed by atoms with Gasteiger partial charge in [-0.05, 0) is 69.0 Å². The van der Waals surface area contributed by atoms with E-state index in [1.54, 1.807) is 14.2 Å². The minimum Gasteiger partial charge on any atom is -0.493 e. The molecule has 3 N–H and O–H groups in total. The lowest BCUT2D eigenvalue weighted by Gasteiger charge is -2.13. The molecule has 0 radical (unpaired) electrons. The Balaban J connectivity index is 2.25. The summed E-state index contributed by atoms with van der Waals surface area (Å²) in [5, 5.41) is 1.29. The van der Waals surface area contributed by atoms with Gasteiger partial charge in [0.25, 0.3) is 0 Å². The third-order valence-electron chi connectivity index (χ3n) is 4.91. The predicted molar refractivity (Wildman–Crippen MR) is 108 cm³/mol. The summed E-state index contributed by atoms with van der Waals surface area (Å²) < 4.78 is 11.2. The molecule has 4 heteroatoms. The Morgan fingerprint density at radius 1 is 1.04 bits per heavy atom. The number of para-hydroxylation sites is 1. The summed E-state index contributed by atoms with van der Waals surface area (Å²) >= 11 is 0. The number of fused-ring (bicyclic) bond motifs is 1.